The third-order valence-electron chi connectivity index (χ3n) is 3.92. The van der Waals surface area contributed by atoms with Crippen molar-refractivity contribution in [1.29, 1.82) is 0 Å². The fourth-order valence-electron chi connectivity index (χ4n) is 2.60. The highest BCUT2D eigenvalue weighted by Crippen LogP contribution is 2.30. The van der Waals surface area contributed by atoms with Crippen molar-refractivity contribution in [2.24, 2.45) is 0 Å². The van der Waals surface area contributed by atoms with Crippen LogP contribution in [-0.4, -0.2) is 26.4 Å². The number of carbonyl (C=O) groups is 1. The number of pyridine rings is 1. The number of thioether (sulfide) groups is 1. The minimum Gasteiger partial charge on any atom is -0.310 e. The zero-order chi connectivity index (χ0) is 19.2. The molecule has 1 amide bonds. The van der Waals surface area contributed by atoms with Gasteiger partial charge in [0.15, 0.2) is 0 Å². The summed E-state index contributed by atoms with van der Waals surface area (Å²) in [4.78, 5) is 16.5. The van der Waals surface area contributed by atoms with E-state index < -0.39 is 0 Å². The van der Waals surface area contributed by atoms with Gasteiger partial charge < -0.3 is 5.32 Å². The maximum Gasteiger partial charge on any atom is 0.235 e. The molecule has 0 saturated carbocycles. The monoisotopic (exact) mass is 420 g/mol. The first kappa shape index (κ1) is 19.7. The van der Waals surface area contributed by atoms with Crippen LogP contribution in [0.4, 0.5) is 5.82 Å². The molecular weight excluding hydrogens is 403 g/mol. The molecule has 0 saturated heterocycles. The van der Waals surface area contributed by atoms with Crippen LogP contribution in [0.15, 0.2) is 54.9 Å². The van der Waals surface area contributed by atoms with E-state index in [-0.39, 0.29) is 11.9 Å². The Morgan fingerprint density at radius 1 is 1.22 bits per heavy atom. The van der Waals surface area contributed by atoms with Gasteiger partial charge in [0.05, 0.1) is 23.7 Å². The van der Waals surface area contributed by atoms with E-state index in [1.54, 1.807) is 35.3 Å². The third-order valence-corrected chi connectivity index (χ3v) is 5.47. The van der Waals surface area contributed by atoms with Crippen molar-refractivity contribution in [1.82, 2.24) is 14.8 Å². The van der Waals surface area contributed by atoms with Gasteiger partial charge in [0.1, 0.15) is 5.82 Å². The highest BCUT2D eigenvalue weighted by molar-refractivity contribution is 7.99. The van der Waals surface area contributed by atoms with Crippen molar-refractivity contribution >= 4 is 46.7 Å². The van der Waals surface area contributed by atoms with Crippen LogP contribution in [0.5, 0.6) is 0 Å². The number of anilines is 1. The van der Waals surface area contributed by atoms with Gasteiger partial charge in [-0.1, -0.05) is 29.3 Å². The second kappa shape index (κ2) is 9.26. The molecule has 3 aromatic rings. The summed E-state index contributed by atoms with van der Waals surface area (Å²) in [7, 11) is 0. The first-order chi connectivity index (χ1) is 13.0. The second-order valence-electron chi connectivity index (χ2n) is 5.86. The molecule has 0 radical (unpaired) electrons. The SMILES string of the molecule is CC(c1cc(Cl)ccc1Cl)n1nccc1NC(=O)CSCc1ccccn1. The first-order valence-electron chi connectivity index (χ1n) is 8.30. The summed E-state index contributed by atoms with van der Waals surface area (Å²) < 4.78 is 1.72. The summed E-state index contributed by atoms with van der Waals surface area (Å²) in [5.74, 6) is 1.53. The van der Waals surface area contributed by atoms with Gasteiger partial charge in [-0.3, -0.25) is 9.78 Å². The Kier molecular flexibility index (Phi) is 6.77. The Labute approximate surface area is 172 Å². The molecule has 2 aromatic heterocycles. The van der Waals surface area contributed by atoms with Gasteiger partial charge in [-0.05, 0) is 42.8 Å². The Bertz CT molecular complexity index is 917. The van der Waals surface area contributed by atoms with Crippen LogP contribution in [0.1, 0.15) is 24.2 Å². The van der Waals surface area contributed by atoms with E-state index in [4.69, 9.17) is 23.2 Å². The zero-order valence-electron chi connectivity index (χ0n) is 14.6. The lowest BCUT2D eigenvalue weighted by molar-refractivity contribution is -0.113. The Hall–Kier alpha value is -2.02. The average molecular weight is 421 g/mol. The molecule has 0 fully saturated rings. The van der Waals surface area contributed by atoms with Crippen molar-refractivity contribution in [2.45, 2.75) is 18.7 Å². The minimum absolute atomic E-state index is 0.0953. The molecule has 1 N–H and O–H groups in total. The molecule has 27 heavy (non-hydrogen) atoms. The van der Waals surface area contributed by atoms with Crippen molar-refractivity contribution < 1.29 is 4.79 Å². The Morgan fingerprint density at radius 3 is 2.85 bits per heavy atom. The number of hydrogen-bond acceptors (Lipinski definition) is 4. The number of rotatable bonds is 7. The number of hydrogen-bond donors (Lipinski definition) is 1. The number of aromatic nitrogens is 3. The molecule has 2 heterocycles. The summed E-state index contributed by atoms with van der Waals surface area (Å²) in [5.41, 5.74) is 1.79. The van der Waals surface area contributed by atoms with Gasteiger partial charge in [0, 0.05) is 28.1 Å². The van der Waals surface area contributed by atoms with Gasteiger partial charge in [-0.25, -0.2) is 4.68 Å². The number of benzene rings is 1. The molecule has 3 rings (SSSR count). The molecular formula is C19H18Cl2N4OS. The van der Waals surface area contributed by atoms with Gasteiger partial charge in [0.2, 0.25) is 5.91 Å². The van der Waals surface area contributed by atoms with Crippen molar-refractivity contribution in [2.75, 3.05) is 11.1 Å². The summed E-state index contributed by atoms with van der Waals surface area (Å²) in [6, 6.07) is 12.6. The fraction of sp³-hybridized carbons (Fsp3) is 0.211. The van der Waals surface area contributed by atoms with E-state index in [9.17, 15) is 4.79 Å². The van der Waals surface area contributed by atoms with Crippen molar-refractivity contribution in [3.8, 4) is 0 Å². The van der Waals surface area contributed by atoms with E-state index in [1.165, 1.54) is 11.8 Å². The lowest BCUT2D eigenvalue weighted by Crippen LogP contribution is -2.19. The molecule has 0 bridgehead atoms. The van der Waals surface area contributed by atoms with Gasteiger partial charge in [-0.15, -0.1) is 11.8 Å². The normalized spacial score (nSPS) is 12.0. The molecule has 1 aromatic carbocycles. The molecule has 8 heteroatoms. The van der Waals surface area contributed by atoms with Crippen molar-refractivity contribution in [3.63, 3.8) is 0 Å². The van der Waals surface area contributed by atoms with Crippen LogP contribution >= 0.6 is 35.0 Å². The molecule has 1 unspecified atom stereocenters. The van der Waals surface area contributed by atoms with Gasteiger partial charge >= 0.3 is 0 Å². The molecule has 0 spiro atoms. The molecule has 0 aliphatic rings. The zero-order valence-corrected chi connectivity index (χ0v) is 16.9. The second-order valence-corrected chi connectivity index (χ2v) is 7.69. The number of nitrogens with zero attached hydrogens (tertiary/aromatic N) is 3. The first-order valence-corrected chi connectivity index (χ1v) is 10.2. The maximum absolute atomic E-state index is 12.3. The van der Waals surface area contributed by atoms with E-state index in [0.29, 0.717) is 27.4 Å². The van der Waals surface area contributed by atoms with Crippen LogP contribution in [0, 0.1) is 0 Å². The van der Waals surface area contributed by atoms with E-state index in [1.807, 2.05) is 31.2 Å². The molecule has 5 nitrogen and oxygen atoms in total. The quantitative estimate of drug-likeness (QED) is 0.579. The van der Waals surface area contributed by atoms with Gasteiger partial charge in [0.25, 0.3) is 0 Å². The Balaban J connectivity index is 1.62. The number of carbonyl (C=O) groups excluding carboxylic acids is 1. The Morgan fingerprint density at radius 2 is 2.07 bits per heavy atom. The molecule has 1 atom stereocenters. The van der Waals surface area contributed by atoms with Crippen molar-refractivity contribution in [3.05, 3.63) is 76.2 Å². The highest BCUT2D eigenvalue weighted by Gasteiger charge is 2.17. The fourth-order valence-corrected chi connectivity index (χ4v) is 3.79. The summed E-state index contributed by atoms with van der Waals surface area (Å²) >= 11 is 13.9. The summed E-state index contributed by atoms with van der Waals surface area (Å²) in [6.07, 6.45) is 3.39. The number of nitrogens with one attached hydrogen (secondary N) is 1. The maximum atomic E-state index is 12.3. The average Bonchev–Trinajstić information content (AvgIpc) is 3.12. The predicted molar refractivity (Wildman–Crippen MR) is 112 cm³/mol. The largest absolute Gasteiger partial charge is 0.310 e. The smallest absolute Gasteiger partial charge is 0.235 e. The van der Waals surface area contributed by atoms with Crippen LogP contribution in [0.25, 0.3) is 0 Å². The molecule has 140 valence electrons. The predicted octanol–water partition coefficient (Wildman–Crippen LogP) is 5.07. The standard InChI is InChI=1S/C19H18Cl2N4OS/c1-13(16-10-14(20)5-6-17(16)21)25-18(7-9-23-25)24-19(26)12-27-11-15-4-2-3-8-22-15/h2-10,13H,11-12H2,1H3,(H,24,26). The van der Waals surface area contributed by atoms with Crippen LogP contribution in [-0.2, 0) is 10.5 Å². The van der Waals surface area contributed by atoms with Crippen LogP contribution in [0.3, 0.4) is 0 Å². The third kappa shape index (κ3) is 5.25. The number of halogens is 2. The van der Waals surface area contributed by atoms with E-state index in [2.05, 4.69) is 15.4 Å². The highest BCUT2D eigenvalue weighted by atomic mass is 35.5. The molecule has 0 aliphatic heterocycles. The number of amides is 1. The molecule has 0 aliphatic carbocycles. The lowest BCUT2D eigenvalue weighted by Gasteiger charge is -2.18. The summed E-state index contributed by atoms with van der Waals surface area (Å²) in [5, 5.41) is 8.44. The summed E-state index contributed by atoms with van der Waals surface area (Å²) in [6.45, 7) is 1.95. The topological polar surface area (TPSA) is 59.8 Å². The minimum atomic E-state index is -0.178. The van der Waals surface area contributed by atoms with Gasteiger partial charge in [-0.2, -0.15) is 5.10 Å². The lowest BCUT2D eigenvalue weighted by atomic mass is 10.1. The van der Waals surface area contributed by atoms with Crippen LogP contribution in [0.2, 0.25) is 10.0 Å². The van der Waals surface area contributed by atoms with E-state index in [0.717, 1.165) is 11.3 Å². The van der Waals surface area contributed by atoms with E-state index >= 15 is 0 Å². The van der Waals surface area contributed by atoms with Crippen LogP contribution < -0.4 is 5.32 Å².